The maximum atomic E-state index is 5.62. The van der Waals surface area contributed by atoms with Crippen molar-refractivity contribution in [2.24, 2.45) is 0 Å². The maximum Gasteiger partial charge on any atom is 0.119 e. The van der Waals surface area contributed by atoms with Crippen LogP contribution in [0.25, 0.3) is 0 Å². The van der Waals surface area contributed by atoms with E-state index in [9.17, 15) is 0 Å². The third kappa shape index (κ3) is 3.89. The van der Waals surface area contributed by atoms with Gasteiger partial charge in [0.1, 0.15) is 5.75 Å². The van der Waals surface area contributed by atoms with Gasteiger partial charge in [-0.15, -0.1) is 0 Å². The van der Waals surface area contributed by atoms with Crippen LogP contribution in [0.4, 0.5) is 0 Å². The first-order valence-corrected chi connectivity index (χ1v) is 6.27. The fraction of sp³-hybridized carbons (Fsp3) is 0.357. The quantitative estimate of drug-likeness (QED) is 0.737. The summed E-state index contributed by atoms with van der Waals surface area (Å²) in [7, 11) is 0. The molecule has 18 heavy (non-hydrogen) atoms. The van der Waals surface area contributed by atoms with Crippen LogP contribution < -0.4 is 10.1 Å². The Balaban J connectivity index is 1.59. The molecule has 0 aliphatic carbocycles. The molecule has 4 heteroatoms. The average molecular weight is 245 g/mol. The third-order valence-electron chi connectivity index (χ3n) is 2.77. The van der Waals surface area contributed by atoms with E-state index in [2.05, 4.69) is 22.4 Å². The van der Waals surface area contributed by atoms with Gasteiger partial charge in [-0.25, -0.2) is 0 Å². The smallest absolute Gasteiger partial charge is 0.119 e. The Morgan fingerprint density at radius 2 is 2.11 bits per heavy atom. The molecule has 0 saturated heterocycles. The van der Waals surface area contributed by atoms with Gasteiger partial charge in [-0.05, 0) is 38.1 Å². The van der Waals surface area contributed by atoms with E-state index in [1.165, 1.54) is 0 Å². The SMILES string of the molecule is CC(NCCCOc1ccccc1)c1ccn[nH]1. The summed E-state index contributed by atoms with van der Waals surface area (Å²) in [5.41, 5.74) is 1.11. The molecule has 1 unspecified atom stereocenters. The van der Waals surface area contributed by atoms with E-state index in [1.807, 2.05) is 36.4 Å². The van der Waals surface area contributed by atoms with Crippen LogP contribution in [0.2, 0.25) is 0 Å². The molecule has 0 fully saturated rings. The van der Waals surface area contributed by atoms with Crippen molar-refractivity contribution in [1.82, 2.24) is 15.5 Å². The molecule has 0 aliphatic heterocycles. The Morgan fingerprint density at radius 3 is 2.83 bits per heavy atom. The molecule has 2 N–H and O–H groups in total. The van der Waals surface area contributed by atoms with Crippen molar-refractivity contribution < 1.29 is 4.74 Å². The Bertz CT molecular complexity index is 428. The van der Waals surface area contributed by atoms with Crippen molar-refractivity contribution in [3.63, 3.8) is 0 Å². The van der Waals surface area contributed by atoms with E-state index in [0.717, 1.165) is 31.0 Å². The van der Waals surface area contributed by atoms with Gasteiger partial charge in [0, 0.05) is 12.2 Å². The molecule has 0 amide bonds. The zero-order valence-corrected chi connectivity index (χ0v) is 10.6. The number of ether oxygens (including phenoxy) is 1. The highest BCUT2D eigenvalue weighted by molar-refractivity contribution is 5.20. The van der Waals surface area contributed by atoms with Crippen molar-refractivity contribution in [3.8, 4) is 5.75 Å². The molecule has 0 aliphatic rings. The van der Waals surface area contributed by atoms with Crippen LogP contribution in [0.15, 0.2) is 42.6 Å². The highest BCUT2D eigenvalue weighted by atomic mass is 16.5. The second-order valence-corrected chi connectivity index (χ2v) is 4.20. The van der Waals surface area contributed by atoms with Crippen LogP contribution in [0.1, 0.15) is 25.1 Å². The van der Waals surface area contributed by atoms with E-state index in [1.54, 1.807) is 6.20 Å². The lowest BCUT2D eigenvalue weighted by Gasteiger charge is -2.12. The number of rotatable bonds is 7. The van der Waals surface area contributed by atoms with Gasteiger partial charge < -0.3 is 10.1 Å². The Hall–Kier alpha value is -1.81. The molecule has 0 bridgehead atoms. The second-order valence-electron chi connectivity index (χ2n) is 4.20. The normalized spacial score (nSPS) is 12.3. The minimum absolute atomic E-state index is 0.296. The number of H-pyrrole nitrogens is 1. The van der Waals surface area contributed by atoms with E-state index in [0.29, 0.717) is 6.04 Å². The van der Waals surface area contributed by atoms with Crippen molar-refractivity contribution in [3.05, 3.63) is 48.3 Å². The summed E-state index contributed by atoms with van der Waals surface area (Å²) >= 11 is 0. The number of aromatic nitrogens is 2. The Kier molecular flexibility index (Phi) is 4.78. The van der Waals surface area contributed by atoms with Crippen LogP contribution in [-0.4, -0.2) is 23.3 Å². The first-order chi connectivity index (χ1) is 8.86. The average Bonchev–Trinajstić information content (AvgIpc) is 2.93. The summed E-state index contributed by atoms with van der Waals surface area (Å²) in [6, 6.07) is 12.2. The number of aromatic amines is 1. The van der Waals surface area contributed by atoms with Crippen LogP contribution >= 0.6 is 0 Å². The van der Waals surface area contributed by atoms with Crippen molar-refractivity contribution >= 4 is 0 Å². The van der Waals surface area contributed by atoms with Crippen LogP contribution in [0.3, 0.4) is 0 Å². The van der Waals surface area contributed by atoms with E-state index in [4.69, 9.17) is 4.74 Å². The summed E-state index contributed by atoms with van der Waals surface area (Å²) in [4.78, 5) is 0. The van der Waals surface area contributed by atoms with E-state index >= 15 is 0 Å². The molecular weight excluding hydrogens is 226 g/mol. The standard InChI is InChI=1S/C14H19N3O/c1-12(14-8-10-16-17-14)15-9-5-11-18-13-6-3-2-4-7-13/h2-4,6-8,10,12,15H,5,9,11H2,1H3,(H,16,17). The fourth-order valence-corrected chi connectivity index (χ4v) is 1.72. The topological polar surface area (TPSA) is 49.9 Å². The summed E-state index contributed by atoms with van der Waals surface area (Å²) < 4.78 is 5.62. The number of nitrogens with one attached hydrogen (secondary N) is 2. The fourth-order valence-electron chi connectivity index (χ4n) is 1.72. The number of para-hydroxylation sites is 1. The molecule has 2 rings (SSSR count). The van der Waals surface area contributed by atoms with Gasteiger partial charge >= 0.3 is 0 Å². The first-order valence-electron chi connectivity index (χ1n) is 6.27. The van der Waals surface area contributed by atoms with Gasteiger partial charge in [0.05, 0.1) is 12.3 Å². The van der Waals surface area contributed by atoms with Gasteiger partial charge in [-0.2, -0.15) is 5.10 Å². The van der Waals surface area contributed by atoms with Crippen molar-refractivity contribution in [1.29, 1.82) is 0 Å². The lowest BCUT2D eigenvalue weighted by molar-refractivity contribution is 0.305. The third-order valence-corrected chi connectivity index (χ3v) is 2.77. The highest BCUT2D eigenvalue weighted by Crippen LogP contribution is 2.09. The van der Waals surface area contributed by atoms with Crippen LogP contribution in [-0.2, 0) is 0 Å². The predicted octanol–water partition coefficient (Wildman–Crippen LogP) is 2.53. The molecule has 0 saturated carbocycles. The number of hydrogen-bond acceptors (Lipinski definition) is 3. The Morgan fingerprint density at radius 1 is 1.28 bits per heavy atom. The molecule has 96 valence electrons. The van der Waals surface area contributed by atoms with Gasteiger partial charge in [-0.1, -0.05) is 18.2 Å². The highest BCUT2D eigenvalue weighted by Gasteiger charge is 2.04. The Labute approximate surface area is 107 Å². The van der Waals surface area contributed by atoms with Gasteiger partial charge in [-0.3, -0.25) is 5.10 Å². The van der Waals surface area contributed by atoms with Crippen LogP contribution in [0.5, 0.6) is 5.75 Å². The zero-order chi connectivity index (χ0) is 12.6. The lowest BCUT2D eigenvalue weighted by atomic mass is 10.2. The summed E-state index contributed by atoms with van der Waals surface area (Å²) in [6.07, 6.45) is 2.75. The summed E-state index contributed by atoms with van der Waals surface area (Å²) in [5, 5.41) is 10.3. The molecule has 1 heterocycles. The molecule has 1 aromatic heterocycles. The summed E-state index contributed by atoms with van der Waals surface area (Å²) in [5.74, 6) is 0.930. The van der Waals surface area contributed by atoms with Gasteiger partial charge in [0.25, 0.3) is 0 Å². The molecule has 1 atom stereocenters. The van der Waals surface area contributed by atoms with Crippen molar-refractivity contribution in [2.45, 2.75) is 19.4 Å². The number of nitrogens with zero attached hydrogens (tertiary/aromatic N) is 1. The maximum absolute atomic E-state index is 5.62. The predicted molar refractivity (Wildman–Crippen MR) is 71.6 cm³/mol. The largest absolute Gasteiger partial charge is 0.494 e. The molecule has 2 aromatic rings. The minimum atomic E-state index is 0.296. The zero-order valence-electron chi connectivity index (χ0n) is 10.6. The second kappa shape index (κ2) is 6.81. The minimum Gasteiger partial charge on any atom is -0.494 e. The lowest BCUT2D eigenvalue weighted by Crippen LogP contribution is -2.21. The molecule has 1 aromatic carbocycles. The van der Waals surface area contributed by atoms with Crippen molar-refractivity contribution in [2.75, 3.05) is 13.2 Å². The summed E-state index contributed by atoms with van der Waals surface area (Å²) in [6.45, 7) is 3.77. The van der Waals surface area contributed by atoms with E-state index in [-0.39, 0.29) is 0 Å². The first kappa shape index (κ1) is 12.6. The molecule has 0 spiro atoms. The van der Waals surface area contributed by atoms with Gasteiger partial charge in [0.15, 0.2) is 0 Å². The molecule has 4 nitrogen and oxygen atoms in total. The van der Waals surface area contributed by atoms with E-state index < -0.39 is 0 Å². The number of benzene rings is 1. The number of hydrogen-bond donors (Lipinski definition) is 2. The molecular formula is C14H19N3O. The monoisotopic (exact) mass is 245 g/mol. The molecule has 0 radical (unpaired) electrons. The van der Waals surface area contributed by atoms with Crippen LogP contribution in [0, 0.1) is 0 Å². The van der Waals surface area contributed by atoms with Gasteiger partial charge in [0.2, 0.25) is 0 Å².